The Kier molecular flexibility index (Phi) is 2.79. The normalized spacial score (nSPS) is 12.6. The van der Waals surface area contributed by atoms with Gasteiger partial charge in [0.15, 0.2) is 11.5 Å². The zero-order valence-corrected chi connectivity index (χ0v) is 12.0. The highest BCUT2D eigenvalue weighted by Crippen LogP contribution is 2.34. The van der Waals surface area contributed by atoms with Gasteiger partial charge in [0, 0.05) is 22.7 Å². The summed E-state index contributed by atoms with van der Waals surface area (Å²) < 4.78 is 10.6. The van der Waals surface area contributed by atoms with Crippen LogP contribution in [0.5, 0.6) is 11.5 Å². The number of hydrogen-bond donors (Lipinski definition) is 2. The van der Waals surface area contributed by atoms with Crippen LogP contribution in [0.25, 0.3) is 10.9 Å². The average molecular weight is 294 g/mol. The fourth-order valence-corrected chi connectivity index (χ4v) is 2.68. The van der Waals surface area contributed by atoms with Gasteiger partial charge in [-0.3, -0.25) is 4.79 Å². The highest BCUT2D eigenvalue weighted by molar-refractivity contribution is 6.07. The number of aromatic nitrogens is 1. The molecule has 1 amide bonds. The summed E-state index contributed by atoms with van der Waals surface area (Å²) in [5.74, 6) is 1.17. The van der Waals surface area contributed by atoms with E-state index in [9.17, 15) is 4.79 Å². The third kappa shape index (κ3) is 1.98. The molecular formula is C17H14N2O3. The van der Waals surface area contributed by atoms with E-state index in [0.717, 1.165) is 16.5 Å². The third-order valence-corrected chi connectivity index (χ3v) is 3.82. The molecular weight excluding hydrogens is 280 g/mol. The monoisotopic (exact) mass is 294 g/mol. The van der Waals surface area contributed by atoms with Gasteiger partial charge in [-0.1, -0.05) is 18.2 Å². The number of ether oxygens (including phenoxy) is 2. The van der Waals surface area contributed by atoms with E-state index < -0.39 is 0 Å². The van der Waals surface area contributed by atoms with Gasteiger partial charge in [0.25, 0.3) is 5.91 Å². The molecule has 0 fully saturated rings. The van der Waals surface area contributed by atoms with Crippen molar-refractivity contribution in [2.24, 2.45) is 0 Å². The molecule has 2 N–H and O–H groups in total. The van der Waals surface area contributed by atoms with E-state index in [2.05, 4.69) is 10.3 Å². The lowest BCUT2D eigenvalue weighted by molar-refractivity contribution is 0.102. The summed E-state index contributed by atoms with van der Waals surface area (Å²) in [4.78, 5) is 15.7. The standard InChI is InChI=1S/C17H14N2O3/c1-10-12-4-2-3-5-13(12)19-16(10)17(20)18-11-6-7-14-15(8-11)22-9-21-14/h2-8,19H,9H2,1H3,(H,18,20). The molecule has 1 aliphatic rings. The van der Waals surface area contributed by atoms with E-state index in [1.54, 1.807) is 18.2 Å². The molecule has 0 saturated carbocycles. The number of carbonyl (C=O) groups is 1. The van der Waals surface area contributed by atoms with Crippen LogP contribution >= 0.6 is 0 Å². The lowest BCUT2D eigenvalue weighted by Gasteiger charge is -2.05. The Balaban J connectivity index is 1.65. The van der Waals surface area contributed by atoms with E-state index in [-0.39, 0.29) is 12.7 Å². The molecule has 1 aliphatic heterocycles. The van der Waals surface area contributed by atoms with Gasteiger partial charge in [-0.2, -0.15) is 0 Å². The highest BCUT2D eigenvalue weighted by Gasteiger charge is 2.17. The number of aryl methyl sites for hydroxylation is 1. The summed E-state index contributed by atoms with van der Waals surface area (Å²) in [6, 6.07) is 13.2. The molecule has 2 heterocycles. The van der Waals surface area contributed by atoms with Crippen LogP contribution in [0.4, 0.5) is 5.69 Å². The van der Waals surface area contributed by atoms with Gasteiger partial charge in [-0.25, -0.2) is 0 Å². The van der Waals surface area contributed by atoms with E-state index in [4.69, 9.17) is 9.47 Å². The Morgan fingerprint density at radius 1 is 1.14 bits per heavy atom. The summed E-state index contributed by atoms with van der Waals surface area (Å²) in [6.07, 6.45) is 0. The number of rotatable bonds is 2. The third-order valence-electron chi connectivity index (χ3n) is 3.82. The fourth-order valence-electron chi connectivity index (χ4n) is 2.68. The van der Waals surface area contributed by atoms with Gasteiger partial charge >= 0.3 is 0 Å². The summed E-state index contributed by atoms with van der Waals surface area (Å²) in [5.41, 5.74) is 3.14. The van der Waals surface area contributed by atoms with E-state index in [1.807, 2.05) is 31.2 Å². The Bertz CT molecular complexity index is 883. The number of fused-ring (bicyclic) bond motifs is 2. The number of aromatic amines is 1. The van der Waals surface area contributed by atoms with Gasteiger partial charge in [-0.15, -0.1) is 0 Å². The van der Waals surface area contributed by atoms with Gasteiger partial charge < -0.3 is 19.8 Å². The number of nitrogens with one attached hydrogen (secondary N) is 2. The van der Waals surface area contributed by atoms with Crippen LogP contribution in [-0.2, 0) is 0 Å². The molecule has 0 saturated heterocycles. The van der Waals surface area contributed by atoms with Crippen molar-refractivity contribution in [2.45, 2.75) is 6.92 Å². The fraction of sp³-hybridized carbons (Fsp3) is 0.118. The number of hydrogen-bond acceptors (Lipinski definition) is 3. The quantitative estimate of drug-likeness (QED) is 0.761. The minimum Gasteiger partial charge on any atom is -0.454 e. The first-order valence-electron chi connectivity index (χ1n) is 7.01. The number of para-hydroxylation sites is 1. The molecule has 4 rings (SSSR count). The number of benzene rings is 2. The van der Waals surface area contributed by atoms with Crippen molar-refractivity contribution in [1.82, 2.24) is 4.98 Å². The molecule has 0 bridgehead atoms. The van der Waals surface area contributed by atoms with E-state index >= 15 is 0 Å². The van der Waals surface area contributed by atoms with Crippen LogP contribution in [0.2, 0.25) is 0 Å². The second-order valence-corrected chi connectivity index (χ2v) is 5.19. The summed E-state index contributed by atoms with van der Waals surface area (Å²) in [5, 5.41) is 3.94. The van der Waals surface area contributed by atoms with Gasteiger partial charge in [0.05, 0.1) is 0 Å². The van der Waals surface area contributed by atoms with Crippen LogP contribution in [0.1, 0.15) is 16.1 Å². The second kappa shape index (κ2) is 4.80. The molecule has 2 aromatic carbocycles. The second-order valence-electron chi connectivity index (χ2n) is 5.19. The molecule has 0 radical (unpaired) electrons. The minimum atomic E-state index is -0.174. The van der Waals surface area contributed by atoms with Gasteiger partial charge in [0.2, 0.25) is 6.79 Å². The van der Waals surface area contributed by atoms with Crippen LogP contribution in [-0.4, -0.2) is 17.7 Å². The summed E-state index contributed by atoms with van der Waals surface area (Å²) >= 11 is 0. The molecule has 0 atom stereocenters. The van der Waals surface area contributed by atoms with Crippen molar-refractivity contribution in [3.63, 3.8) is 0 Å². The zero-order valence-electron chi connectivity index (χ0n) is 12.0. The van der Waals surface area contributed by atoms with Crippen molar-refractivity contribution in [2.75, 3.05) is 12.1 Å². The van der Waals surface area contributed by atoms with Crippen LogP contribution < -0.4 is 14.8 Å². The van der Waals surface area contributed by atoms with E-state index in [1.165, 1.54) is 0 Å². The molecule has 5 heteroatoms. The number of amides is 1. The van der Waals surface area contributed by atoms with Crippen LogP contribution in [0.3, 0.4) is 0 Å². The van der Waals surface area contributed by atoms with Gasteiger partial charge in [-0.05, 0) is 30.7 Å². The highest BCUT2D eigenvalue weighted by atomic mass is 16.7. The molecule has 0 spiro atoms. The first kappa shape index (κ1) is 12.8. The maximum atomic E-state index is 12.5. The Labute approximate surface area is 126 Å². The van der Waals surface area contributed by atoms with Crippen molar-refractivity contribution in [3.05, 3.63) is 53.7 Å². The zero-order chi connectivity index (χ0) is 15.1. The van der Waals surface area contributed by atoms with Gasteiger partial charge in [0.1, 0.15) is 5.69 Å². The molecule has 3 aromatic rings. The van der Waals surface area contributed by atoms with Crippen molar-refractivity contribution < 1.29 is 14.3 Å². The van der Waals surface area contributed by atoms with E-state index in [0.29, 0.717) is 22.9 Å². The molecule has 5 nitrogen and oxygen atoms in total. The first-order chi connectivity index (χ1) is 10.7. The molecule has 0 aliphatic carbocycles. The smallest absolute Gasteiger partial charge is 0.272 e. The van der Waals surface area contributed by atoms with Crippen LogP contribution in [0.15, 0.2) is 42.5 Å². The maximum absolute atomic E-state index is 12.5. The maximum Gasteiger partial charge on any atom is 0.272 e. The summed E-state index contributed by atoms with van der Waals surface area (Å²) in [7, 11) is 0. The van der Waals surface area contributed by atoms with Crippen molar-refractivity contribution >= 4 is 22.5 Å². The minimum absolute atomic E-state index is 0.174. The predicted octanol–water partition coefficient (Wildman–Crippen LogP) is 3.46. The lowest BCUT2D eigenvalue weighted by Crippen LogP contribution is -2.13. The van der Waals surface area contributed by atoms with Crippen molar-refractivity contribution in [3.8, 4) is 11.5 Å². The molecule has 22 heavy (non-hydrogen) atoms. The number of anilines is 1. The lowest BCUT2D eigenvalue weighted by atomic mass is 10.1. The Morgan fingerprint density at radius 2 is 1.95 bits per heavy atom. The summed E-state index contributed by atoms with van der Waals surface area (Å²) in [6.45, 7) is 2.15. The van der Waals surface area contributed by atoms with Crippen LogP contribution in [0, 0.1) is 6.92 Å². The number of carbonyl (C=O) groups excluding carboxylic acids is 1. The SMILES string of the molecule is Cc1c(C(=O)Nc2ccc3c(c2)OCO3)[nH]c2ccccc12. The van der Waals surface area contributed by atoms with Crippen molar-refractivity contribution in [1.29, 1.82) is 0 Å². The molecule has 0 unspecified atom stereocenters. The Hall–Kier alpha value is -2.95. The molecule has 110 valence electrons. The first-order valence-corrected chi connectivity index (χ1v) is 7.01. The predicted molar refractivity (Wildman–Crippen MR) is 83.6 cm³/mol. The number of H-pyrrole nitrogens is 1. The topological polar surface area (TPSA) is 63.4 Å². The average Bonchev–Trinajstić information content (AvgIpc) is 3.12. The molecule has 1 aromatic heterocycles. The Morgan fingerprint density at radius 3 is 2.82 bits per heavy atom. The largest absolute Gasteiger partial charge is 0.454 e.